The summed E-state index contributed by atoms with van der Waals surface area (Å²) in [4.78, 5) is 0. The Balaban J connectivity index is 4.80. The van der Waals surface area contributed by atoms with Crippen molar-refractivity contribution >= 4 is 101 Å². The van der Waals surface area contributed by atoms with Crippen molar-refractivity contribution in [3.05, 3.63) is 0 Å². The molecule has 0 saturated heterocycles. The molecule has 0 spiro atoms. The van der Waals surface area contributed by atoms with Gasteiger partial charge in [-0.15, -0.1) is 23.2 Å². The fourth-order valence-electron chi connectivity index (χ4n) is 1.37. The van der Waals surface area contributed by atoms with E-state index in [9.17, 15) is 0 Å². The maximum atomic E-state index is 5.86. The maximum absolute atomic E-state index is 5.86. The van der Waals surface area contributed by atoms with E-state index in [-0.39, 0.29) is 24.6 Å². The van der Waals surface area contributed by atoms with Crippen LogP contribution in [0.4, 0.5) is 0 Å². The van der Waals surface area contributed by atoms with E-state index in [0.717, 1.165) is 12.8 Å². The topological polar surface area (TPSA) is 27.7 Å². The van der Waals surface area contributed by atoms with Crippen LogP contribution in [-0.2, 0) is 13.6 Å². The highest BCUT2D eigenvalue weighted by Crippen LogP contribution is 2.47. The second-order valence-corrected chi connectivity index (χ2v) is 11.6. The number of hydrogen-bond acceptors (Lipinski definition) is 3. The lowest BCUT2D eigenvalue weighted by Gasteiger charge is -2.27. The number of halogens is 8. The van der Waals surface area contributed by atoms with Gasteiger partial charge in [0.2, 0.25) is 0 Å². The summed E-state index contributed by atoms with van der Waals surface area (Å²) >= 11 is 46.4. The summed E-state index contributed by atoms with van der Waals surface area (Å²) in [5.74, 6) is 0.201. The molecule has 0 aliphatic carbocycles. The van der Waals surface area contributed by atoms with Crippen molar-refractivity contribution in [3.8, 4) is 0 Å². The molecule has 24 heavy (non-hydrogen) atoms. The summed E-state index contributed by atoms with van der Waals surface area (Å²) in [6.45, 7) is 2.47. The summed E-state index contributed by atoms with van der Waals surface area (Å²) in [5.41, 5.74) is 0. The molecule has 0 aromatic rings. The molecule has 0 amide bonds. The Morgan fingerprint density at radius 2 is 1.25 bits per heavy atom. The van der Waals surface area contributed by atoms with Crippen molar-refractivity contribution in [2.45, 2.75) is 52.4 Å². The standard InChI is InChI=1S/C12H19Cl8O3P/c1-2-3-4-21-24(22-9(7-13)5-11(15,16)17)23-10(8-14)6-12(18,19)20/h9-10H,2-8H2,1H3. The van der Waals surface area contributed by atoms with Gasteiger partial charge in [0.05, 0.1) is 18.8 Å². The third-order valence-corrected chi connectivity index (χ3v) is 5.38. The molecule has 0 N–H and O–H groups in total. The van der Waals surface area contributed by atoms with Gasteiger partial charge in [0.25, 0.3) is 0 Å². The van der Waals surface area contributed by atoms with Gasteiger partial charge < -0.3 is 13.6 Å². The molecule has 0 saturated carbocycles. The van der Waals surface area contributed by atoms with Gasteiger partial charge in [-0.05, 0) is 6.42 Å². The number of alkyl halides is 8. The summed E-state index contributed by atoms with van der Waals surface area (Å²) < 4.78 is 14.0. The Labute approximate surface area is 184 Å². The van der Waals surface area contributed by atoms with Gasteiger partial charge in [-0.1, -0.05) is 83.0 Å². The van der Waals surface area contributed by atoms with Crippen LogP contribution >= 0.6 is 101 Å². The van der Waals surface area contributed by atoms with E-state index in [4.69, 9.17) is 106 Å². The average molecular weight is 526 g/mol. The summed E-state index contributed by atoms with van der Waals surface area (Å²) in [6, 6.07) is 0. The van der Waals surface area contributed by atoms with Crippen LogP contribution in [0.5, 0.6) is 0 Å². The van der Waals surface area contributed by atoms with Crippen LogP contribution in [0.1, 0.15) is 32.6 Å². The molecule has 0 rings (SSSR count). The van der Waals surface area contributed by atoms with E-state index in [0.29, 0.717) is 6.61 Å². The van der Waals surface area contributed by atoms with Crippen LogP contribution < -0.4 is 0 Å². The number of hydrogen-bond donors (Lipinski definition) is 0. The minimum absolute atomic E-state index is 0.0799. The lowest BCUT2D eigenvalue weighted by atomic mass is 10.3. The fourth-order valence-corrected chi connectivity index (χ4v) is 4.16. The smallest absolute Gasteiger partial charge is 0.312 e. The van der Waals surface area contributed by atoms with Crippen molar-refractivity contribution in [1.82, 2.24) is 0 Å². The van der Waals surface area contributed by atoms with E-state index >= 15 is 0 Å². The minimum Gasteiger partial charge on any atom is -0.312 e. The molecule has 0 bridgehead atoms. The predicted octanol–water partition coefficient (Wildman–Crippen LogP) is 7.80. The molecule has 12 heteroatoms. The van der Waals surface area contributed by atoms with Crippen molar-refractivity contribution in [2.75, 3.05) is 18.4 Å². The fraction of sp³-hybridized carbons (Fsp3) is 1.00. The normalized spacial score (nSPS) is 16.9. The van der Waals surface area contributed by atoms with Gasteiger partial charge in [0, 0.05) is 24.6 Å². The molecule has 146 valence electrons. The Kier molecular flexibility index (Phi) is 15.3. The van der Waals surface area contributed by atoms with E-state index < -0.39 is 28.4 Å². The first-order chi connectivity index (χ1) is 11.0. The van der Waals surface area contributed by atoms with Crippen molar-refractivity contribution in [3.63, 3.8) is 0 Å². The lowest BCUT2D eigenvalue weighted by Crippen LogP contribution is -2.24. The third-order valence-electron chi connectivity index (χ3n) is 2.43. The zero-order chi connectivity index (χ0) is 18.8. The summed E-state index contributed by atoms with van der Waals surface area (Å²) in [6.07, 6.45) is 0.791. The minimum atomic E-state index is -1.79. The second kappa shape index (κ2) is 13.7. The van der Waals surface area contributed by atoms with Gasteiger partial charge in [-0.3, -0.25) is 0 Å². The van der Waals surface area contributed by atoms with Gasteiger partial charge >= 0.3 is 8.60 Å². The van der Waals surface area contributed by atoms with Crippen LogP contribution in [0.25, 0.3) is 0 Å². The zero-order valence-electron chi connectivity index (χ0n) is 12.8. The molecule has 0 aliphatic rings. The first-order valence-corrected chi connectivity index (χ1v) is 11.5. The molecular weight excluding hydrogens is 507 g/mol. The maximum Gasteiger partial charge on any atom is 0.333 e. The van der Waals surface area contributed by atoms with Crippen LogP contribution in [0.3, 0.4) is 0 Å². The molecular formula is C12H19Cl8O3P. The number of rotatable bonds is 12. The Bertz CT molecular complexity index is 300. The van der Waals surface area contributed by atoms with Crippen molar-refractivity contribution < 1.29 is 13.6 Å². The van der Waals surface area contributed by atoms with Gasteiger partial charge in [0.15, 0.2) is 7.59 Å². The molecule has 0 aromatic carbocycles. The van der Waals surface area contributed by atoms with Crippen LogP contribution in [0.2, 0.25) is 0 Å². The van der Waals surface area contributed by atoms with Gasteiger partial charge in [-0.25, -0.2) is 0 Å². The summed E-state index contributed by atoms with van der Waals surface area (Å²) in [7, 11) is -1.79. The Hall–Kier alpha value is 2.63. The Morgan fingerprint density at radius 1 is 0.833 bits per heavy atom. The molecule has 0 aromatic heterocycles. The second-order valence-electron chi connectivity index (χ2n) is 4.81. The van der Waals surface area contributed by atoms with Crippen LogP contribution in [0, 0.1) is 0 Å². The molecule has 3 nitrogen and oxygen atoms in total. The first-order valence-electron chi connectivity index (χ1n) is 7.02. The van der Waals surface area contributed by atoms with Crippen molar-refractivity contribution in [2.24, 2.45) is 0 Å². The largest absolute Gasteiger partial charge is 0.333 e. The lowest BCUT2D eigenvalue weighted by molar-refractivity contribution is 0.0965. The molecule has 0 fully saturated rings. The average Bonchev–Trinajstić information content (AvgIpc) is 2.42. The van der Waals surface area contributed by atoms with E-state index in [1.54, 1.807) is 0 Å². The zero-order valence-corrected chi connectivity index (χ0v) is 19.7. The third kappa shape index (κ3) is 15.7. The highest BCUT2D eigenvalue weighted by atomic mass is 35.6. The molecule has 0 heterocycles. The van der Waals surface area contributed by atoms with Gasteiger partial charge in [0.1, 0.15) is 0 Å². The highest BCUT2D eigenvalue weighted by Gasteiger charge is 2.32. The van der Waals surface area contributed by atoms with Crippen LogP contribution in [0.15, 0.2) is 0 Å². The van der Waals surface area contributed by atoms with Crippen molar-refractivity contribution in [1.29, 1.82) is 0 Å². The van der Waals surface area contributed by atoms with Crippen LogP contribution in [-0.4, -0.2) is 38.2 Å². The quantitative estimate of drug-likeness (QED) is 0.148. The molecule has 2 unspecified atom stereocenters. The first kappa shape index (κ1) is 26.6. The van der Waals surface area contributed by atoms with E-state index in [2.05, 4.69) is 0 Å². The van der Waals surface area contributed by atoms with Gasteiger partial charge in [-0.2, -0.15) is 0 Å². The molecule has 2 atom stereocenters. The van der Waals surface area contributed by atoms with E-state index in [1.807, 2.05) is 6.92 Å². The monoisotopic (exact) mass is 522 g/mol. The molecule has 0 aliphatic heterocycles. The summed E-state index contributed by atoms with van der Waals surface area (Å²) in [5, 5.41) is 0. The molecule has 0 radical (unpaired) electrons. The SMILES string of the molecule is CCCCOP(OC(CCl)CC(Cl)(Cl)Cl)OC(CCl)CC(Cl)(Cl)Cl. The van der Waals surface area contributed by atoms with E-state index in [1.165, 1.54) is 0 Å². The number of unbranched alkanes of at least 4 members (excludes halogenated alkanes) is 1. The Morgan fingerprint density at radius 3 is 1.54 bits per heavy atom. The predicted molar refractivity (Wildman–Crippen MR) is 109 cm³/mol. The highest BCUT2D eigenvalue weighted by molar-refractivity contribution is 7.41.